The third-order valence-corrected chi connectivity index (χ3v) is 0.283. The third kappa shape index (κ3) is 4.63. The van der Waals surface area contributed by atoms with E-state index in [2.05, 4.69) is 15.9 Å². The molecular weight excluding hydrogens is 119 g/mol. The average Bonchev–Trinajstić information content (AvgIpc) is 2.23. The van der Waals surface area contributed by atoms with Crippen LogP contribution in [0.15, 0.2) is 17.0 Å². The largest absolute Gasteiger partial charge is 0.346 e. The quantitative estimate of drug-likeness (QED) is 0.466. The van der Waals surface area contributed by atoms with Gasteiger partial charge in [0.2, 0.25) is 0 Å². The van der Waals surface area contributed by atoms with Gasteiger partial charge in [0.1, 0.15) is 6.26 Å². The zero-order valence-electron chi connectivity index (χ0n) is 4.46. The zero-order chi connectivity index (χ0) is 5.54. The van der Waals surface area contributed by atoms with Gasteiger partial charge in [-0.05, 0) is 0 Å². The van der Waals surface area contributed by atoms with Crippen molar-refractivity contribution < 1.29 is 4.52 Å². The topological polar surface area (TPSA) is 38.9 Å². The molecule has 1 aromatic heterocycles. The van der Waals surface area contributed by atoms with Gasteiger partial charge in [-0.1, -0.05) is 0 Å². The summed E-state index contributed by atoms with van der Waals surface area (Å²) >= 11 is 1.06. The summed E-state index contributed by atoms with van der Waals surface area (Å²) < 4.78 is 6.41. The standard InChI is InChI=1S/C2H2N2O.CH3.K/c1-2-5-4-3-1;;/h1-2H;1H3;. The molecule has 0 saturated carbocycles. The van der Waals surface area contributed by atoms with Gasteiger partial charge in [-0.3, -0.25) is 0 Å². The first-order chi connectivity index (χ1) is 3.50. The predicted octanol–water partition coefficient (Wildman–Crippen LogP) is 0.273. The molecule has 0 radical (unpaired) electrons. The van der Waals surface area contributed by atoms with E-state index in [1.165, 1.54) is 12.5 Å². The van der Waals surface area contributed by atoms with Gasteiger partial charge in [-0.15, -0.1) is 5.10 Å². The van der Waals surface area contributed by atoms with Gasteiger partial charge in [0.25, 0.3) is 0 Å². The van der Waals surface area contributed by atoms with Crippen LogP contribution in [0, 0.1) is 0 Å². The first-order valence-corrected chi connectivity index (χ1v) is 5.33. The molecule has 0 bridgehead atoms. The Morgan fingerprint density at radius 2 is 2.29 bits per heavy atom. The van der Waals surface area contributed by atoms with Crippen molar-refractivity contribution in [3.05, 3.63) is 12.5 Å². The number of rotatable bonds is 0. The third-order valence-electron chi connectivity index (χ3n) is 0.283. The summed E-state index contributed by atoms with van der Waals surface area (Å²) in [7, 11) is 0. The maximum Gasteiger partial charge on any atom is 0.144 e. The normalized spacial score (nSPS) is 6.71. The summed E-state index contributed by atoms with van der Waals surface area (Å²) in [6.07, 6.45) is 2.88. The second-order valence-corrected chi connectivity index (χ2v) is 0.588. The van der Waals surface area contributed by atoms with E-state index in [-0.39, 0.29) is 0 Å². The first kappa shape index (κ1) is 7.78. The van der Waals surface area contributed by atoms with Crippen LogP contribution in [0.3, 0.4) is 0 Å². The number of hydrogen-bond donors (Lipinski definition) is 0. The number of hydrogen-bond acceptors (Lipinski definition) is 3. The molecule has 0 fully saturated rings. The molecule has 0 amide bonds. The molecular formula is C3H5KN2O. The Hall–Kier alpha value is 0.776. The van der Waals surface area contributed by atoms with Gasteiger partial charge in [-0.2, -0.15) is 0 Å². The second kappa shape index (κ2) is 6.78. The van der Waals surface area contributed by atoms with E-state index in [0.717, 1.165) is 49.0 Å². The molecule has 0 aliphatic heterocycles. The van der Waals surface area contributed by atoms with Crippen molar-refractivity contribution in [2.45, 2.75) is 1.02 Å². The molecule has 3 nitrogen and oxygen atoms in total. The maximum absolute atomic E-state index is 4.22. The summed E-state index contributed by atoms with van der Waals surface area (Å²) in [5, 5.41) is 6.40. The molecule has 0 spiro atoms. The van der Waals surface area contributed by atoms with E-state index < -0.39 is 0 Å². The Morgan fingerprint density at radius 3 is 2.43 bits per heavy atom. The fourth-order valence-electron chi connectivity index (χ4n) is 0.136. The maximum atomic E-state index is 4.22. The van der Waals surface area contributed by atoms with Crippen molar-refractivity contribution in [3.8, 4) is 0 Å². The minimum absolute atomic E-state index is 1.06. The van der Waals surface area contributed by atoms with Crippen LogP contribution in [0.25, 0.3) is 0 Å². The minimum atomic E-state index is 1.06. The molecule has 0 saturated heterocycles. The number of nitrogens with zero attached hydrogens (tertiary/aromatic N) is 2. The van der Waals surface area contributed by atoms with E-state index in [1.54, 1.807) is 0 Å². The molecule has 1 aromatic rings. The van der Waals surface area contributed by atoms with Crippen LogP contribution in [0.1, 0.15) is 0 Å². The number of aromatic nitrogens is 2. The van der Waals surface area contributed by atoms with Gasteiger partial charge in [0.15, 0.2) is 0 Å². The SMILES string of the molecule is [CH3][K].c1conn1. The van der Waals surface area contributed by atoms with Gasteiger partial charge >= 0.3 is 50.0 Å². The van der Waals surface area contributed by atoms with E-state index in [0.29, 0.717) is 0 Å². The summed E-state index contributed by atoms with van der Waals surface area (Å²) in [5.74, 6) is 0. The fraction of sp³-hybridized carbons (Fsp3) is 0.333. The monoisotopic (exact) mass is 124 g/mol. The molecule has 0 aromatic carbocycles. The summed E-state index contributed by atoms with van der Waals surface area (Å²) in [6.45, 7) is 0. The smallest absolute Gasteiger partial charge is 0.144 e. The van der Waals surface area contributed by atoms with Crippen LogP contribution < -0.4 is 0 Å². The van der Waals surface area contributed by atoms with Crippen molar-refractivity contribution in [1.29, 1.82) is 0 Å². The molecule has 1 heterocycles. The summed E-state index contributed by atoms with van der Waals surface area (Å²) in [6, 6.07) is 0. The van der Waals surface area contributed by atoms with Crippen LogP contribution >= 0.6 is 0 Å². The Morgan fingerprint density at radius 1 is 1.57 bits per heavy atom. The van der Waals surface area contributed by atoms with Gasteiger partial charge in [-0.25, -0.2) is 0 Å². The minimum Gasteiger partial charge on any atom is -0.346 e. The molecule has 4 heteroatoms. The van der Waals surface area contributed by atoms with E-state index >= 15 is 0 Å². The fourth-order valence-corrected chi connectivity index (χ4v) is 0.136. The van der Waals surface area contributed by atoms with Crippen LogP contribution in [0.4, 0.5) is 0 Å². The molecule has 7 heavy (non-hydrogen) atoms. The van der Waals surface area contributed by atoms with Crippen LogP contribution in [-0.2, 0) is 0 Å². The molecule has 0 atom stereocenters. The Kier molecular flexibility index (Phi) is 7.53. The summed E-state index contributed by atoms with van der Waals surface area (Å²) in [4.78, 5) is 0. The van der Waals surface area contributed by atoms with Crippen molar-refractivity contribution in [2.24, 2.45) is 0 Å². The Bertz CT molecular complexity index is 69.4. The molecule has 0 aliphatic carbocycles. The molecule has 34 valence electrons. The first-order valence-electron chi connectivity index (χ1n) is 2.21. The van der Waals surface area contributed by atoms with E-state index in [9.17, 15) is 0 Å². The zero-order valence-corrected chi connectivity index (χ0v) is 7.58. The van der Waals surface area contributed by atoms with Crippen LogP contribution in [0.5, 0.6) is 0 Å². The second-order valence-electron chi connectivity index (χ2n) is 0.588. The van der Waals surface area contributed by atoms with Crippen molar-refractivity contribution in [1.82, 2.24) is 10.4 Å². The predicted molar refractivity (Wildman–Crippen MR) is 25.9 cm³/mol. The van der Waals surface area contributed by atoms with Crippen molar-refractivity contribution >= 4 is 49.0 Å². The Balaban J connectivity index is 0.000000162. The van der Waals surface area contributed by atoms with E-state index in [4.69, 9.17) is 0 Å². The van der Waals surface area contributed by atoms with E-state index in [1.807, 2.05) is 0 Å². The molecule has 0 unspecified atom stereocenters. The van der Waals surface area contributed by atoms with Gasteiger partial charge in [0, 0.05) is 5.27 Å². The Labute approximate surface area is 76.0 Å². The van der Waals surface area contributed by atoms with Gasteiger partial charge < -0.3 is 4.52 Å². The van der Waals surface area contributed by atoms with Gasteiger partial charge in [0.05, 0.1) is 6.20 Å². The molecule has 0 aliphatic rings. The van der Waals surface area contributed by atoms with Crippen LogP contribution in [-0.4, -0.2) is 59.3 Å². The molecule has 0 N–H and O–H groups in total. The van der Waals surface area contributed by atoms with Crippen molar-refractivity contribution in [3.63, 3.8) is 0 Å². The molecule has 1 rings (SSSR count). The van der Waals surface area contributed by atoms with Crippen molar-refractivity contribution in [2.75, 3.05) is 0 Å². The summed E-state index contributed by atoms with van der Waals surface area (Å²) in [5.41, 5.74) is 0. The average molecular weight is 124 g/mol. The van der Waals surface area contributed by atoms with Crippen LogP contribution in [0.2, 0.25) is 1.02 Å².